The first kappa shape index (κ1) is 14.3. The minimum absolute atomic E-state index is 0.135. The second-order valence-electron chi connectivity index (χ2n) is 4.05. The van der Waals surface area contributed by atoms with Crippen molar-refractivity contribution in [3.05, 3.63) is 60.2 Å². The summed E-state index contributed by atoms with van der Waals surface area (Å²) in [6.45, 7) is 2.15. The number of carbonyl (C=O) groups is 1. The molecule has 0 aliphatic heterocycles. The number of rotatable bonds is 3. The zero-order valence-corrected chi connectivity index (χ0v) is 11.8. The Labute approximate surface area is 122 Å². The Bertz CT molecular complexity index is 606. The lowest BCUT2D eigenvalue weighted by atomic mass is 10.0. The lowest BCUT2D eigenvalue weighted by Crippen LogP contribution is -2.02. The molecule has 0 fully saturated rings. The predicted molar refractivity (Wildman–Crippen MR) is 81.1 cm³/mol. The highest BCUT2D eigenvalue weighted by Crippen LogP contribution is 2.19. The number of ether oxygens (including phenoxy) is 1. The minimum Gasteiger partial charge on any atom is -0.469 e. The molecule has 0 radical (unpaired) electrons. The van der Waals surface area contributed by atoms with Gasteiger partial charge in [-0.2, -0.15) is 4.99 Å². The Morgan fingerprint density at radius 1 is 1.05 bits per heavy atom. The third-order valence-corrected chi connectivity index (χ3v) is 2.89. The largest absolute Gasteiger partial charge is 0.469 e. The van der Waals surface area contributed by atoms with Gasteiger partial charge in [-0.05, 0) is 41.8 Å². The van der Waals surface area contributed by atoms with Crippen LogP contribution in [-0.2, 0) is 4.74 Å². The van der Waals surface area contributed by atoms with Gasteiger partial charge in [-0.15, -0.1) is 0 Å². The van der Waals surface area contributed by atoms with Gasteiger partial charge in [-0.3, -0.25) is 4.79 Å². The highest BCUT2D eigenvalue weighted by atomic mass is 35.5. The molecule has 102 valence electrons. The summed E-state index contributed by atoms with van der Waals surface area (Å²) in [7, 11) is 0. The first-order valence-electron chi connectivity index (χ1n) is 6.27. The molecular formula is C16H14ClNO2. The highest BCUT2D eigenvalue weighted by Gasteiger charge is 2.06. The maximum absolute atomic E-state index is 11.8. The van der Waals surface area contributed by atoms with Crippen LogP contribution in [0.4, 0.5) is 0 Å². The molecule has 20 heavy (non-hydrogen) atoms. The number of amides is 1. The van der Waals surface area contributed by atoms with Crippen molar-refractivity contribution >= 4 is 22.9 Å². The summed E-state index contributed by atoms with van der Waals surface area (Å²) in [5.74, 6) is -0.414. The molecule has 2 aromatic rings. The topological polar surface area (TPSA) is 38.7 Å². The van der Waals surface area contributed by atoms with Crippen molar-refractivity contribution in [1.82, 2.24) is 0 Å². The number of aliphatic imine (C=N–C) groups is 1. The van der Waals surface area contributed by atoms with Gasteiger partial charge in [-0.25, -0.2) is 0 Å². The van der Waals surface area contributed by atoms with Gasteiger partial charge in [0.25, 0.3) is 11.3 Å². The number of hydrogen-bond acceptors (Lipinski definition) is 2. The van der Waals surface area contributed by atoms with Crippen LogP contribution in [0.1, 0.15) is 17.3 Å². The Hall–Kier alpha value is -2.13. The lowest BCUT2D eigenvalue weighted by molar-refractivity contribution is 0.1000. The van der Waals surface area contributed by atoms with Crippen LogP contribution in [0.15, 0.2) is 59.6 Å². The van der Waals surface area contributed by atoms with E-state index in [-0.39, 0.29) is 5.36 Å². The van der Waals surface area contributed by atoms with Crippen molar-refractivity contribution in [3.8, 4) is 11.1 Å². The molecule has 0 aliphatic carbocycles. The maximum atomic E-state index is 11.8. The second-order valence-corrected chi connectivity index (χ2v) is 4.37. The van der Waals surface area contributed by atoms with Crippen LogP contribution in [0.3, 0.4) is 0 Å². The van der Waals surface area contributed by atoms with E-state index in [2.05, 4.69) is 4.99 Å². The summed E-state index contributed by atoms with van der Waals surface area (Å²) in [6, 6.07) is 17.2. The summed E-state index contributed by atoms with van der Waals surface area (Å²) in [6.07, 6.45) is 0. The fourth-order valence-electron chi connectivity index (χ4n) is 1.73. The summed E-state index contributed by atoms with van der Waals surface area (Å²) in [5, 5.41) is -0.135. The normalized spacial score (nSPS) is 11.2. The van der Waals surface area contributed by atoms with Crippen LogP contribution in [-0.4, -0.2) is 17.9 Å². The van der Waals surface area contributed by atoms with Gasteiger partial charge in [0.05, 0.1) is 6.61 Å². The smallest absolute Gasteiger partial charge is 0.290 e. The average molecular weight is 288 g/mol. The highest BCUT2D eigenvalue weighted by molar-refractivity contribution is 6.63. The monoisotopic (exact) mass is 287 g/mol. The summed E-state index contributed by atoms with van der Waals surface area (Å²) in [5.41, 5.74) is 2.62. The van der Waals surface area contributed by atoms with Crippen molar-refractivity contribution in [3.63, 3.8) is 0 Å². The van der Waals surface area contributed by atoms with Gasteiger partial charge < -0.3 is 4.74 Å². The van der Waals surface area contributed by atoms with Crippen molar-refractivity contribution in [2.45, 2.75) is 6.92 Å². The molecule has 3 nitrogen and oxygen atoms in total. The van der Waals surface area contributed by atoms with E-state index >= 15 is 0 Å². The van der Waals surface area contributed by atoms with E-state index in [0.717, 1.165) is 11.1 Å². The molecule has 2 aromatic carbocycles. The molecule has 0 heterocycles. The Balaban J connectivity index is 2.16. The molecule has 0 saturated carbocycles. The molecule has 0 atom stereocenters. The summed E-state index contributed by atoms with van der Waals surface area (Å²) in [4.78, 5) is 15.5. The quantitative estimate of drug-likeness (QED) is 0.629. The molecule has 0 bridgehead atoms. The average Bonchev–Trinajstić information content (AvgIpc) is 2.48. The molecular weight excluding hydrogens is 274 g/mol. The summed E-state index contributed by atoms with van der Waals surface area (Å²) >= 11 is 5.66. The molecule has 0 spiro atoms. The minimum atomic E-state index is -0.414. The standard InChI is InChI=1S/C16H14ClNO2/c1-2-20-16(17)18-15(19)14-10-8-13(9-11-14)12-6-4-3-5-7-12/h3-11H,2H2,1H3. The van der Waals surface area contributed by atoms with E-state index in [0.29, 0.717) is 12.2 Å². The molecule has 0 aliphatic rings. The van der Waals surface area contributed by atoms with E-state index < -0.39 is 5.91 Å². The molecule has 1 amide bonds. The fourth-order valence-corrected chi connectivity index (χ4v) is 1.92. The summed E-state index contributed by atoms with van der Waals surface area (Å²) < 4.78 is 4.92. The van der Waals surface area contributed by atoms with Crippen molar-refractivity contribution in [1.29, 1.82) is 0 Å². The van der Waals surface area contributed by atoms with Crippen LogP contribution in [0.2, 0.25) is 0 Å². The Morgan fingerprint density at radius 2 is 1.65 bits per heavy atom. The van der Waals surface area contributed by atoms with Crippen LogP contribution in [0, 0.1) is 0 Å². The Kier molecular flexibility index (Phi) is 4.91. The van der Waals surface area contributed by atoms with Crippen molar-refractivity contribution < 1.29 is 9.53 Å². The van der Waals surface area contributed by atoms with E-state index in [1.807, 2.05) is 42.5 Å². The van der Waals surface area contributed by atoms with Crippen LogP contribution in [0.25, 0.3) is 11.1 Å². The lowest BCUT2D eigenvalue weighted by Gasteiger charge is -2.02. The van der Waals surface area contributed by atoms with E-state index in [4.69, 9.17) is 16.3 Å². The molecule has 0 aromatic heterocycles. The number of nitrogens with zero attached hydrogens (tertiary/aromatic N) is 1. The number of benzene rings is 2. The first-order valence-corrected chi connectivity index (χ1v) is 6.65. The van der Waals surface area contributed by atoms with Gasteiger partial charge >= 0.3 is 0 Å². The van der Waals surface area contributed by atoms with E-state index in [9.17, 15) is 4.79 Å². The third kappa shape index (κ3) is 3.68. The van der Waals surface area contributed by atoms with Gasteiger partial charge in [0.15, 0.2) is 0 Å². The Morgan fingerprint density at radius 3 is 2.25 bits per heavy atom. The van der Waals surface area contributed by atoms with E-state index in [1.165, 1.54) is 0 Å². The second kappa shape index (κ2) is 6.87. The fraction of sp³-hybridized carbons (Fsp3) is 0.125. The maximum Gasteiger partial charge on any atom is 0.290 e. The van der Waals surface area contributed by atoms with Crippen molar-refractivity contribution in [2.75, 3.05) is 6.61 Å². The SMILES string of the molecule is CCOC(Cl)=NC(=O)c1ccc(-c2ccccc2)cc1. The van der Waals surface area contributed by atoms with Gasteiger partial charge in [0.2, 0.25) is 0 Å². The predicted octanol–water partition coefficient (Wildman–Crippen LogP) is 4.13. The first-order chi connectivity index (χ1) is 9.70. The molecule has 0 saturated heterocycles. The van der Waals surface area contributed by atoms with Crippen LogP contribution < -0.4 is 0 Å². The van der Waals surface area contributed by atoms with Crippen molar-refractivity contribution in [2.24, 2.45) is 4.99 Å². The number of halogens is 1. The number of hydrogen-bond donors (Lipinski definition) is 0. The van der Waals surface area contributed by atoms with Crippen LogP contribution in [0.5, 0.6) is 0 Å². The molecule has 0 N–H and O–H groups in total. The third-order valence-electron chi connectivity index (χ3n) is 2.69. The molecule has 4 heteroatoms. The van der Waals surface area contributed by atoms with E-state index in [1.54, 1.807) is 19.1 Å². The zero-order chi connectivity index (χ0) is 14.4. The molecule has 2 rings (SSSR count). The van der Waals surface area contributed by atoms with Gasteiger partial charge in [0, 0.05) is 5.56 Å². The van der Waals surface area contributed by atoms with Gasteiger partial charge in [-0.1, -0.05) is 42.5 Å². The van der Waals surface area contributed by atoms with Gasteiger partial charge in [0.1, 0.15) is 0 Å². The number of carbonyl (C=O) groups excluding carboxylic acids is 1. The van der Waals surface area contributed by atoms with Crippen LogP contribution >= 0.6 is 11.6 Å². The molecule has 0 unspecified atom stereocenters. The zero-order valence-electron chi connectivity index (χ0n) is 11.0.